The van der Waals surface area contributed by atoms with Gasteiger partial charge in [0.05, 0.1) is 4.90 Å². The second-order valence-corrected chi connectivity index (χ2v) is 8.44. The zero-order valence-corrected chi connectivity index (χ0v) is 14.8. The number of hydrogen-bond donors (Lipinski definition) is 2. The van der Waals surface area contributed by atoms with Crippen molar-refractivity contribution in [1.82, 2.24) is 10.0 Å². The van der Waals surface area contributed by atoms with Crippen LogP contribution in [0.25, 0.3) is 0 Å². The molecule has 1 aromatic rings. The molecule has 0 fully saturated rings. The number of benzene rings is 1. The van der Waals surface area contributed by atoms with E-state index in [2.05, 4.69) is 10.0 Å². The highest BCUT2D eigenvalue weighted by molar-refractivity contribution is 7.89. The van der Waals surface area contributed by atoms with Crippen LogP contribution in [0.4, 0.5) is 0 Å². The molecule has 0 aliphatic rings. The van der Waals surface area contributed by atoms with Gasteiger partial charge in [-0.05, 0) is 48.6 Å². The van der Waals surface area contributed by atoms with Crippen molar-refractivity contribution in [1.29, 1.82) is 0 Å². The molecule has 0 heterocycles. The van der Waals surface area contributed by atoms with E-state index in [0.29, 0.717) is 18.0 Å². The Labute approximate surface area is 129 Å². The van der Waals surface area contributed by atoms with Crippen molar-refractivity contribution in [2.24, 2.45) is 5.41 Å². The summed E-state index contributed by atoms with van der Waals surface area (Å²) in [5.74, 6) is 0. The first kappa shape index (κ1) is 18.1. The summed E-state index contributed by atoms with van der Waals surface area (Å²) in [4.78, 5) is 0.389. The zero-order valence-electron chi connectivity index (χ0n) is 14.0. The Morgan fingerprint density at radius 2 is 1.76 bits per heavy atom. The number of nitrogens with one attached hydrogen (secondary N) is 2. The van der Waals surface area contributed by atoms with Crippen molar-refractivity contribution in [3.63, 3.8) is 0 Å². The molecular formula is C16H28N2O2S. The second-order valence-electron chi connectivity index (χ2n) is 6.70. The molecular weight excluding hydrogens is 284 g/mol. The van der Waals surface area contributed by atoms with Gasteiger partial charge in [0.25, 0.3) is 0 Å². The Bertz CT molecular complexity index is 587. The third-order valence-corrected chi connectivity index (χ3v) is 4.87. The molecule has 0 aliphatic carbocycles. The molecule has 21 heavy (non-hydrogen) atoms. The molecule has 0 saturated heterocycles. The van der Waals surface area contributed by atoms with Gasteiger partial charge < -0.3 is 5.32 Å². The van der Waals surface area contributed by atoms with Gasteiger partial charge in [0.2, 0.25) is 10.0 Å². The molecule has 4 nitrogen and oxygen atoms in total. The Morgan fingerprint density at radius 1 is 1.14 bits per heavy atom. The van der Waals surface area contributed by atoms with Gasteiger partial charge in [-0.1, -0.05) is 33.8 Å². The molecule has 0 amide bonds. The molecule has 0 radical (unpaired) electrons. The monoisotopic (exact) mass is 312 g/mol. The molecule has 0 aliphatic heterocycles. The molecule has 0 aromatic heterocycles. The fourth-order valence-corrected chi connectivity index (χ4v) is 3.59. The third kappa shape index (κ3) is 5.41. The normalized spacial score (nSPS) is 12.7. The van der Waals surface area contributed by atoms with E-state index in [1.54, 1.807) is 6.07 Å². The van der Waals surface area contributed by atoms with Crippen molar-refractivity contribution in [2.45, 2.75) is 53.0 Å². The van der Waals surface area contributed by atoms with Gasteiger partial charge in [-0.2, -0.15) is 0 Å². The fourth-order valence-electron chi connectivity index (χ4n) is 1.94. The first-order chi connectivity index (χ1) is 9.57. The van der Waals surface area contributed by atoms with E-state index in [1.807, 2.05) is 47.6 Å². The van der Waals surface area contributed by atoms with Crippen molar-refractivity contribution >= 4 is 10.0 Å². The number of aryl methyl sites for hydroxylation is 1. The largest absolute Gasteiger partial charge is 0.313 e. The average molecular weight is 312 g/mol. The van der Waals surface area contributed by atoms with Crippen LogP contribution in [0.15, 0.2) is 17.0 Å². The van der Waals surface area contributed by atoms with Gasteiger partial charge in [-0.15, -0.1) is 0 Å². The summed E-state index contributed by atoms with van der Waals surface area (Å²) >= 11 is 0. The Morgan fingerprint density at radius 3 is 2.29 bits per heavy atom. The predicted molar refractivity (Wildman–Crippen MR) is 87.9 cm³/mol. The molecule has 0 saturated carbocycles. The molecule has 120 valence electrons. The van der Waals surface area contributed by atoms with Crippen LogP contribution in [0.1, 0.15) is 44.4 Å². The van der Waals surface area contributed by atoms with Crippen LogP contribution in [0.3, 0.4) is 0 Å². The van der Waals surface area contributed by atoms with Crippen LogP contribution < -0.4 is 10.0 Å². The van der Waals surface area contributed by atoms with E-state index in [9.17, 15) is 8.42 Å². The number of hydrogen-bond acceptors (Lipinski definition) is 3. The van der Waals surface area contributed by atoms with Crippen LogP contribution in [-0.2, 0) is 16.6 Å². The smallest absolute Gasteiger partial charge is 0.240 e. The highest BCUT2D eigenvalue weighted by Crippen LogP contribution is 2.22. The van der Waals surface area contributed by atoms with Gasteiger partial charge in [-0.3, -0.25) is 0 Å². The Hall–Kier alpha value is -0.910. The van der Waals surface area contributed by atoms with Crippen molar-refractivity contribution in [2.75, 3.05) is 13.1 Å². The highest BCUT2D eigenvalue weighted by Gasteiger charge is 2.21. The van der Waals surface area contributed by atoms with Gasteiger partial charge >= 0.3 is 0 Å². The maximum atomic E-state index is 12.5. The van der Waals surface area contributed by atoms with Crippen molar-refractivity contribution < 1.29 is 8.42 Å². The van der Waals surface area contributed by atoms with E-state index >= 15 is 0 Å². The molecule has 0 bridgehead atoms. The van der Waals surface area contributed by atoms with Gasteiger partial charge in [0.15, 0.2) is 0 Å². The molecule has 0 spiro atoms. The minimum Gasteiger partial charge on any atom is -0.313 e. The van der Waals surface area contributed by atoms with Crippen LogP contribution in [0.5, 0.6) is 0 Å². The van der Waals surface area contributed by atoms with E-state index < -0.39 is 10.0 Å². The van der Waals surface area contributed by atoms with Crippen LogP contribution >= 0.6 is 0 Å². The van der Waals surface area contributed by atoms with Crippen LogP contribution in [0, 0.1) is 19.3 Å². The lowest BCUT2D eigenvalue weighted by molar-refractivity contribution is 0.407. The van der Waals surface area contributed by atoms with Crippen molar-refractivity contribution in [3.8, 4) is 0 Å². The lowest BCUT2D eigenvalue weighted by Crippen LogP contribution is -2.33. The van der Waals surface area contributed by atoms with E-state index in [0.717, 1.165) is 23.2 Å². The van der Waals surface area contributed by atoms with E-state index in [-0.39, 0.29) is 5.41 Å². The summed E-state index contributed by atoms with van der Waals surface area (Å²) in [6.45, 7) is 13.8. The summed E-state index contributed by atoms with van der Waals surface area (Å²) in [5, 5.41) is 3.23. The minimum absolute atomic E-state index is 0.0859. The molecule has 1 rings (SSSR count). The summed E-state index contributed by atoms with van der Waals surface area (Å²) in [6.07, 6.45) is 0. The molecule has 0 atom stereocenters. The molecule has 2 N–H and O–H groups in total. The van der Waals surface area contributed by atoms with E-state index in [4.69, 9.17) is 0 Å². The van der Waals surface area contributed by atoms with Crippen LogP contribution in [-0.4, -0.2) is 21.5 Å². The quantitative estimate of drug-likeness (QED) is 0.849. The highest BCUT2D eigenvalue weighted by atomic mass is 32.2. The average Bonchev–Trinajstić information content (AvgIpc) is 2.37. The van der Waals surface area contributed by atoms with Gasteiger partial charge in [0, 0.05) is 13.1 Å². The van der Waals surface area contributed by atoms with Crippen LogP contribution in [0.2, 0.25) is 0 Å². The lowest BCUT2D eigenvalue weighted by Gasteiger charge is -2.20. The summed E-state index contributed by atoms with van der Waals surface area (Å²) < 4.78 is 27.8. The lowest BCUT2D eigenvalue weighted by atomic mass is 9.98. The molecule has 1 aromatic carbocycles. The Kier molecular flexibility index (Phi) is 5.96. The number of rotatable bonds is 6. The van der Waals surface area contributed by atoms with Gasteiger partial charge in [-0.25, -0.2) is 13.1 Å². The summed E-state index contributed by atoms with van der Waals surface area (Å²) in [5.41, 5.74) is 2.73. The number of sulfonamides is 1. The van der Waals surface area contributed by atoms with E-state index in [1.165, 1.54) is 0 Å². The maximum Gasteiger partial charge on any atom is 0.240 e. The third-order valence-electron chi connectivity index (χ3n) is 3.34. The van der Waals surface area contributed by atoms with Crippen molar-refractivity contribution in [3.05, 3.63) is 28.8 Å². The maximum absolute atomic E-state index is 12.5. The zero-order chi connectivity index (χ0) is 16.3. The minimum atomic E-state index is -3.47. The molecule has 5 heteroatoms. The first-order valence-electron chi connectivity index (χ1n) is 7.37. The fraction of sp³-hybridized carbons (Fsp3) is 0.625. The summed E-state index contributed by atoms with van der Waals surface area (Å²) in [6, 6.07) is 3.82. The topological polar surface area (TPSA) is 58.2 Å². The second kappa shape index (κ2) is 6.90. The molecule has 0 unspecified atom stereocenters. The first-order valence-corrected chi connectivity index (χ1v) is 8.85. The van der Waals surface area contributed by atoms with Gasteiger partial charge in [0.1, 0.15) is 0 Å². The predicted octanol–water partition coefficient (Wildman–Crippen LogP) is 2.74. The SMILES string of the molecule is CCNCc1cc(C)c(C)c(S(=O)(=O)NCC(C)(C)C)c1. The standard InChI is InChI=1S/C16H28N2O2S/c1-7-17-10-14-8-12(2)13(3)15(9-14)21(19,20)18-11-16(4,5)6/h8-9,17-18H,7,10-11H2,1-6H3. The summed E-state index contributed by atoms with van der Waals surface area (Å²) in [7, 11) is -3.47. The Balaban J connectivity index is 3.12.